The molecule has 0 saturated carbocycles. The van der Waals surface area contributed by atoms with Gasteiger partial charge in [0.15, 0.2) is 0 Å². The van der Waals surface area contributed by atoms with Gasteiger partial charge in [0.2, 0.25) is 10.0 Å². The number of benzene rings is 1. The third-order valence-electron chi connectivity index (χ3n) is 3.29. The van der Waals surface area contributed by atoms with Crippen molar-refractivity contribution in [3.8, 4) is 0 Å². The molecular weight excluding hydrogens is 324 g/mol. The molecule has 1 N–H and O–H groups in total. The first-order valence-electron chi connectivity index (χ1n) is 6.79. The van der Waals surface area contributed by atoms with E-state index < -0.39 is 10.0 Å². The summed E-state index contributed by atoms with van der Waals surface area (Å²) in [6.45, 7) is 0.229. The van der Waals surface area contributed by atoms with Gasteiger partial charge in [0.25, 0.3) is 0 Å². The van der Waals surface area contributed by atoms with Gasteiger partial charge in [0.05, 0.1) is 18.1 Å². The van der Waals surface area contributed by atoms with E-state index in [1.54, 1.807) is 36.6 Å². The van der Waals surface area contributed by atoms with Gasteiger partial charge in [-0.25, -0.2) is 13.1 Å². The highest BCUT2D eigenvalue weighted by Gasteiger charge is 2.21. The third-order valence-corrected chi connectivity index (χ3v) is 4.96. The van der Waals surface area contributed by atoms with Crippen molar-refractivity contribution in [3.63, 3.8) is 0 Å². The van der Waals surface area contributed by atoms with Crippen LogP contribution in [0.3, 0.4) is 0 Å². The quantitative estimate of drug-likeness (QED) is 0.840. The molecule has 0 spiro atoms. The van der Waals surface area contributed by atoms with Crippen LogP contribution in [0.25, 0.3) is 0 Å². The molecule has 1 heterocycles. The van der Waals surface area contributed by atoms with Crippen molar-refractivity contribution >= 4 is 21.6 Å². The molecule has 0 aliphatic carbocycles. The van der Waals surface area contributed by atoms with Crippen molar-refractivity contribution in [1.29, 1.82) is 0 Å². The molecule has 2 rings (SSSR count). The summed E-state index contributed by atoms with van der Waals surface area (Å²) in [7, 11) is 0.262. The van der Waals surface area contributed by atoms with E-state index in [0.717, 1.165) is 0 Å². The smallest absolute Gasteiger partial charge is 0.215 e. The highest BCUT2D eigenvalue weighted by atomic mass is 35.5. The monoisotopic (exact) mass is 342 g/mol. The second kappa shape index (κ2) is 7.28. The Bertz CT molecular complexity index is 699. The topological polar surface area (TPSA) is 62.6 Å². The summed E-state index contributed by atoms with van der Waals surface area (Å²) < 4.78 is 32.4. The number of likely N-dealkylation sites (N-methyl/N-ethyl adjacent to an activating group) is 1. The van der Waals surface area contributed by atoms with Crippen LogP contribution in [0.5, 0.6) is 0 Å². The number of nitrogens with one attached hydrogen (secondary N) is 1. The van der Waals surface area contributed by atoms with Crippen molar-refractivity contribution in [2.24, 2.45) is 0 Å². The Morgan fingerprint density at radius 2 is 1.95 bits per heavy atom. The first-order chi connectivity index (χ1) is 10.4. The van der Waals surface area contributed by atoms with Gasteiger partial charge in [-0.2, -0.15) is 0 Å². The molecule has 0 saturated heterocycles. The lowest BCUT2D eigenvalue weighted by molar-refractivity contribution is 0.259. The van der Waals surface area contributed by atoms with E-state index in [1.807, 2.05) is 25.1 Å². The van der Waals surface area contributed by atoms with Crippen LogP contribution in [0.2, 0.25) is 5.02 Å². The van der Waals surface area contributed by atoms with Crippen LogP contribution in [0, 0.1) is 0 Å². The van der Waals surface area contributed by atoms with Gasteiger partial charge in [-0.05, 0) is 37.9 Å². The average molecular weight is 343 g/mol. The zero-order chi connectivity index (χ0) is 16.2. The molecule has 22 heavy (non-hydrogen) atoms. The lowest BCUT2D eigenvalue weighted by atomic mass is 10.2. The van der Waals surface area contributed by atoms with E-state index in [1.165, 1.54) is 0 Å². The fraction of sp³-hybridized carbons (Fsp3) is 0.333. The van der Waals surface area contributed by atoms with Gasteiger partial charge in [-0.15, -0.1) is 0 Å². The fourth-order valence-corrected chi connectivity index (χ4v) is 3.55. The number of hydrogen-bond donors (Lipinski definition) is 1. The molecule has 120 valence electrons. The highest BCUT2D eigenvalue weighted by Crippen LogP contribution is 2.20. The van der Waals surface area contributed by atoms with Gasteiger partial charge in [0, 0.05) is 11.6 Å². The summed E-state index contributed by atoms with van der Waals surface area (Å²) in [5.74, 6) is 0.566. The van der Waals surface area contributed by atoms with Crippen LogP contribution >= 0.6 is 11.6 Å². The Balaban J connectivity index is 2.04. The Hall–Kier alpha value is -1.34. The van der Waals surface area contributed by atoms with E-state index >= 15 is 0 Å². The van der Waals surface area contributed by atoms with Crippen LogP contribution in [0.15, 0.2) is 47.1 Å². The zero-order valence-corrected chi connectivity index (χ0v) is 14.1. The van der Waals surface area contributed by atoms with Crippen LogP contribution < -0.4 is 4.72 Å². The summed E-state index contributed by atoms with van der Waals surface area (Å²) in [5, 5.41) is 0.447. The maximum atomic E-state index is 12.2. The lowest BCUT2D eigenvalue weighted by Gasteiger charge is -2.22. The minimum atomic E-state index is -3.48. The van der Waals surface area contributed by atoms with Crippen LogP contribution in [0.4, 0.5) is 0 Å². The SMILES string of the molecule is CN(C)[C@H](CNS(=O)(=O)Cc1ccccc1Cl)c1ccco1. The second-order valence-corrected chi connectivity index (χ2v) is 7.41. The van der Waals surface area contributed by atoms with Gasteiger partial charge >= 0.3 is 0 Å². The molecule has 2 aromatic rings. The van der Waals surface area contributed by atoms with E-state index in [9.17, 15) is 8.42 Å². The first-order valence-corrected chi connectivity index (χ1v) is 8.82. The van der Waals surface area contributed by atoms with E-state index in [4.69, 9.17) is 16.0 Å². The summed E-state index contributed by atoms with van der Waals surface area (Å²) in [5.41, 5.74) is 0.580. The first kappa shape index (κ1) is 17.0. The molecule has 0 fully saturated rings. The van der Waals surface area contributed by atoms with Gasteiger partial charge in [0.1, 0.15) is 5.76 Å². The molecule has 0 unspecified atom stereocenters. The molecule has 7 heteroatoms. The third kappa shape index (κ3) is 4.58. The second-order valence-electron chi connectivity index (χ2n) is 5.19. The molecule has 0 aliphatic heterocycles. The zero-order valence-electron chi connectivity index (χ0n) is 12.5. The van der Waals surface area contributed by atoms with Crippen LogP contribution in [-0.2, 0) is 15.8 Å². The Labute approximate surface area is 135 Å². The van der Waals surface area contributed by atoms with E-state index in [0.29, 0.717) is 16.3 Å². The van der Waals surface area contributed by atoms with Crippen molar-refractivity contribution < 1.29 is 12.8 Å². The molecule has 0 amide bonds. The number of nitrogens with zero attached hydrogens (tertiary/aromatic N) is 1. The summed E-state index contributed by atoms with van der Waals surface area (Å²) >= 11 is 6.01. The average Bonchev–Trinajstić information content (AvgIpc) is 2.95. The predicted octanol–water partition coefficient (Wildman–Crippen LogP) is 2.66. The maximum Gasteiger partial charge on any atom is 0.215 e. The molecular formula is C15H19ClN2O3S. The molecule has 1 aromatic heterocycles. The summed E-state index contributed by atoms with van der Waals surface area (Å²) in [4.78, 5) is 1.90. The number of hydrogen-bond acceptors (Lipinski definition) is 4. The Morgan fingerprint density at radius 3 is 2.55 bits per heavy atom. The maximum absolute atomic E-state index is 12.2. The molecule has 0 bridgehead atoms. The number of furan rings is 1. The standard InChI is InChI=1S/C15H19ClN2O3S/c1-18(2)14(15-8-5-9-21-15)10-17-22(19,20)11-12-6-3-4-7-13(12)16/h3-9,14,17H,10-11H2,1-2H3/t14-/m1/s1. The van der Waals surface area contributed by atoms with Gasteiger partial charge in [-0.1, -0.05) is 29.8 Å². The van der Waals surface area contributed by atoms with Crippen LogP contribution in [-0.4, -0.2) is 34.0 Å². The molecule has 1 aromatic carbocycles. The number of rotatable bonds is 7. The van der Waals surface area contributed by atoms with Crippen molar-refractivity contribution in [2.45, 2.75) is 11.8 Å². The fourth-order valence-electron chi connectivity index (χ4n) is 2.10. The minimum Gasteiger partial charge on any atom is -0.468 e. The lowest BCUT2D eigenvalue weighted by Crippen LogP contribution is -2.35. The van der Waals surface area contributed by atoms with E-state index in [-0.39, 0.29) is 18.3 Å². The number of halogens is 1. The largest absolute Gasteiger partial charge is 0.468 e. The summed E-state index contributed by atoms with van der Waals surface area (Å²) in [6, 6.07) is 10.4. The van der Waals surface area contributed by atoms with Crippen molar-refractivity contribution in [2.75, 3.05) is 20.6 Å². The van der Waals surface area contributed by atoms with Gasteiger partial charge < -0.3 is 4.42 Å². The van der Waals surface area contributed by atoms with Crippen molar-refractivity contribution in [3.05, 3.63) is 59.0 Å². The van der Waals surface area contributed by atoms with Crippen molar-refractivity contribution in [1.82, 2.24) is 9.62 Å². The highest BCUT2D eigenvalue weighted by molar-refractivity contribution is 7.88. The van der Waals surface area contributed by atoms with Gasteiger partial charge in [-0.3, -0.25) is 4.90 Å². The Morgan fingerprint density at radius 1 is 1.23 bits per heavy atom. The predicted molar refractivity (Wildman–Crippen MR) is 87.2 cm³/mol. The normalized spacial score (nSPS) is 13.5. The number of sulfonamides is 1. The minimum absolute atomic E-state index is 0.148. The molecule has 1 atom stereocenters. The van der Waals surface area contributed by atoms with Crippen LogP contribution in [0.1, 0.15) is 17.4 Å². The molecule has 0 radical (unpaired) electrons. The summed E-state index contributed by atoms with van der Waals surface area (Å²) in [6.07, 6.45) is 1.57. The Kier molecular flexibility index (Phi) is 5.63. The van der Waals surface area contributed by atoms with E-state index in [2.05, 4.69) is 4.72 Å². The molecule has 5 nitrogen and oxygen atoms in total. The molecule has 0 aliphatic rings.